The zero-order valence-electron chi connectivity index (χ0n) is 19.3. The molecular formula is C26H23F2N5O3. The van der Waals surface area contributed by atoms with Crippen molar-refractivity contribution in [1.82, 2.24) is 24.2 Å². The van der Waals surface area contributed by atoms with Gasteiger partial charge in [0.05, 0.1) is 43.3 Å². The van der Waals surface area contributed by atoms with Crippen LogP contribution in [0.4, 0.5) is 8.78 Å². The van der Waals surface area contributed by atoms with Crippen LogP contribution in [-0.4, -0.2) is 56.6 Å². The van der Waals surface area contributed by atoms with Crippen molar-refractivity contribution in [2.75, 3.05) is 26.3 Å². The Kier molecular flexibility index (Phi) is 5.82. The van der Waals surface area contributed by atoms with E-state index in [0.29, 0.717) is 54.6 Å². The van der Waals surface area contributed by atoms with E-state index >= 15 is 0 Å². The minimum Gasteiger partial charge on any atom is -0.424 e. The molecule has 2 aromatic carbocycles. The molecule has 1 atom stereocenters. The number of benzene rings is 2. The van der Waals surface area contributed by atoms with Crippen LogP contribution >= 0.6 is 0 Å². The largest absolute Gasteiger partial charge is 0.424 e. The lowest BCUT2D eigenvalue weighted by Crippen LogP contribution is -2.44. The van der Waals surface area contributed by atoms with Crippen molar-refractivity contribution in [3.63, 3.8) is 0 Å². The number of rotatable bonds is 5. The molecule has 184 valence electrons. The van der Waals surface area contributed by atoms with Crippen LogP contribution in [0.5, 0.6) is 11.8 Å². The molecule has 0 bridgehead atoms. The van der Waals surface area contributed by atoms with Gasteiger partial charge in [0.2, 0.25) is 0 Å². The van der Waals surface area contributed by atoms with Gasteiger partial charge in [0.25, 0.3) is 5.56 Å². The molecule has 0 spiro atoms. The molecule has 1 unspecified atom stereocenters. The van der Waals surface area contributed by atoms with Crippen molar-refractivity contribution in [1.29, 1.82) is 0 Å². The molecule has 0 amide bonds. The Bertz CT molecular complexity index is 1440. The first-order valence-electron chi connectivity index (χ1n) is 11.7. The molecular weight excluding hydrogens is 468 g/mol. The highest BCUT2D eigenvalue weighted by atomic mass is 19.1. The third kappa shape index (κ3) is 4.18. The second-order valence-electron chi connectivity index (χ2n) is 8.78. The Balaban J connectivity index is 1.43. The normalized spacial score (nSPS) is 17.8. The van der Waals surface area contributed by atoms with E-state index in [9.17, 15) is 13.6 Å². The first-order chi connectivity index (χ1) is 17.6. The molecule has 0 aliphatic carbocycles. The maximum atomic E-state index is 13.7. The van der Waals surface area contributed by atoms with Crippen LogP contribution in [0.25, 0.3) is 22.5 Å². The number of hydrogen-bond acceptors (Lipinski definition) is 6. The van der Waals surface area contributed by atoms with Gasteiger partial charge in [0.1, 0.15) is 17.4 Å². The zero-order valence-corrected chi connectivity index (χ0v) is 19.3. The minimum atomic E-state index is -0.378. The van der Waals surface area contributed by atoms with Crippen molar-refractivity contribution in [2.24, 2.45) is 0 Å². The highest BCUT2D eigenvalue weighted by molar-refractivity contribution is 5.79. The summed E-state index contributed by atoms with van der Waals surface area (Å²) in [5.74, 6) is -0.366. The molecule has 6 rings (SSSR count). The number of nitrogens with zero attached hydrogens (tertiary/aromatic N) is 5. The average Bonchev–Trinajstić information content (AvgIpc) is 3.45. The second-order valence-corrected chi connectivity index (χ2v) is 8.78. The fraction of sp³-hybridized carbons (Fsp3) is 0.269. The number of hydrogen-bond donors (Lipinski definition) is 0. The Labute approximate surface area is 205 Å². The second kappa shape index (κ2) is 9.29. The molecule has 0 radical (unpaired) electrons. The lowest BCUT2D eigenvalue weighted by molar-refractivity contribution is 0.0157. The van der Waals surface area contributed by atoms with E-state index < -0.39 is 0 Å². The quantitative estimate of drug-likeness (QED) is 0.425. The lowest BCUT2D eigenvalue weighted by atomic mass is 10.0. The fourth-order valence-electron chi connectivity index (χ4n) is 4.86. The molecule has 4 aromatic rings. The molecule has 4 heterocycles. The van der Waals surface area contributed by atoms with Crippen LogP contribution in [0.1, 0.15) is 0 Å². The minimum absolute atomic E-state index is 0.0693. The van der Waals surface area contributed by atoms with Crippen LogP contribution in [-0.2, 0) is 17.8 Å². The van der Waals surface area contributed by atoms with Gasteiger partial charge in [-0.05, 0) is 48.0 Å². The van der Waals surface area contributed by atoms with Crippen molar-refractivity contribution in [2.45, 2.75) is 19.1 Å². The summed E-state index contributed by atoms with van der Waals surface area (Å²) in [4.78, 5) is 24.8. The first-order valence-corrected chi connectivity index (χ1v) is 11.7. The van der Waals surface area contributed by atoms with Crippen molar-refractivity contribution in [3.05, 3.63) is 82.8 Å². The van der Waals surface area contributed by atoms with Crippen molar-refractivity contribution < 1.29 is 18.3 Å². The van der Waals surface area contributed by atoms with E-state index in [-0.39, 0.29) is 29.2 Å². The number of halogens is 2. The maximum absolute atomic E-state index is 13.7. The third-order valence-electron chi connectivity index (χ3n) is 6.60. The van der Waals surface area contributed by atoms with E-state index in [2.05, 4.69) is 14.9 Å². The van der Waals surface area contributed by atoms with Gasteiger partial charge in [-0.3, -0.25) is 14.4 Å². The molecule has 0 saturated carbocycles. The van der Waals surface area contributed by atoms with Crippen LogP contribution in [0.15, 0.2) is 65.6 Å². The van der Waals surface area contributed by atoms with Gasteiger partial charge in [-0.15, -0.1) is 0 Å². The molecule has 8 nitrogen and oxygen atoms in total. The highest BCUT2D eigenvalue weighted by Gasteiger charge is 2.34. The van der Waals surface area contributed by atoms with Crippen LogP contribution in [0.3, 0.4) is 0 Å². The molecule has 1 saturated heterocycles. The predicted octanol–water partition coefficient (Wildman–Crippen LogP) is 3.56. The van der Waals surface area contributed by atoms with Gasteiger partial charge in [-0.25, -0.2) is 18.4 Å². The number of aromatic nitrogens is 4. The number of ether oxygens (including phenoxy) is 2. The summed E-state index contributed by atoms with van der Waals surface area (Å²) in [5, 5.41) is 0. The Morgan fingerprint density at radius 1 is 0.889 bits per heavy atom. The molecule has 36 heavy (non-hydrogen) atoms. The summed E-state index contributed by atoms with van der Waals surface area (Å²) < 4.78 is 41.9. The van der Waals surface area contributed by atoms with Gasteiger partial charge in [0.15, 0.2) is 0 Å². The first kappa shape index (κ1) is 22.6. The molecule has 2 aliphatic heterocycles. The zero-order chi connectivity index (χ0) is 24.6. The average molecular weight is 491 g/mol. The monoisotopic (exact) mass is 491 g/mol. The third-order valence-corrected chi connectivity index (χ3v) is 6.60. The lowest BCUT2D eigenvalue weighted by Gasteiger charge is -2.31. The van der Waals surface area contributed by atoms with Gasteiger partial charge in [-0.1, -0.05) is 12.1 Å². The number of fused-ring (bicyclic) bond motifs is 1. The Morgan fingerprint density at radius 3 is 2.28 bits per heavy atom. The van der Waals surface area contributed by atoms with Crippen LogP contribution < -0.4 is 10.3 Å². The SMILES string of the molecule is O=c1c(-c2ccc(F)cc2)c(-c2ccnc(Oc3ccc(F)cc3)n2)n2n1CC(N1CCOCC1)C2. The number of morpholine rings is 1. The van der Waals surface area contributed by atoms with Crippen LogP contribution in [0.2, 0.25) is 0 Å². The summed E-state index contributed by atoms with van der Waals surface area (Å²) >= 11 is 0. The van der Waals surface area contributed by atoms with E-state index in [0.717, 1.165) is 13.1 Å². The van der Waals surface area contributed by atoms with E-state index in [4.69, 9.17) is 9.47 Å². The molecule has 0 N–H and O–H groups in total. The Morgan fingerprint density at radius 2 is 1.56 bits per heavy atom. The smallest absolute Gasteiger partial charge is 0.322 e. The van der Waals surface area contributed by atoms with E-state index in [1.807, 2.05) is 4.68 Å². The molecule has 2 aromatic heterocycles. The van der Waals surface area contributed by atoms with Gasteiger partial charge in [-0.2, -0.15) is 4.98 Å². The van der Waals surface area contributed by atoms with E-state index in [1.165, 1.54) is 36.4 Å². The molecule has 2 aliphatic rings. The Hall–Kier alpha value is -3.89. The standard InChI is InChI=1S/C26H23F2N5O3/c27-18-3-1-17(2-4-18)23-24(22-9-10-29-26(30-22)36-21-7-5-19(28)6-8-21)32-15-20(16-33(32)25(23)34)31-11-13-35-14-12-31/h1-10,20H,11-16H2. The summed E-state index contributed by atoms with van der Waals surface area (Å²) in [6.45, 7) is 4.11. The van der Waals surface area contributed by atoms with Gasteiger partial charge >= 0.3 is 6.01 Å². The summed E-state index contributed by atoms with van der Waals surface area (Å²) in [7, 11) is 0. The highest BCUT2D eigenvalue weighted by Crippen LogP contribution is 2.33. The van der Waals surface area contributed by atoms with Crippen LogP contribution in [0, 0.1) is 11.6 Å². The molecule has 1 fully saturated rings. The fourth-order valence-corrected chi connectivity index (χ4v) is 4.86. The molecule has 10 heteroatoms. The summed E-state index contributed by atoms with van der Waals surface area (Å²) in [5.41, 5.74) is 2.01. The topological polar surface area (TPSA) is 74.4 Å². The summed E-state index contributed by atoms with van der Waals surface area (Å²) in [6, 6.07) is 13.4. The maximum Gasteiger partial charge on any atom is 0.322 e. The predicted molar refractivity (Wildman–Crippen MR) is 128 cm³/mol. The summed E-state index contributed by atoms with van der Waals surface area (Å²) in [6.07, 6.45) is 1.55. The van der Waals surface area contributed by atoms with Gasteiger partial charge in [0, 0.05) is 25.3 Å². The van der Waals surface area contributed by atoms with Crippen molar-refractivity contribution in [3.8, 4) is 34.3 Å². The van der Waals surface area contributed by atoms with E-state index in [1.54, 1.807) is 29.1 Å². The van der Waals surface area contributed by atoms with Crippen molar-refractivity contribution >= 4 is 0 Å². The van der Waals surface area contributed by atoms with Gasteiger partial charge < -0.3 is 9.47 Å².